The van der Waals surface area contributed by atoms with Gasteiger partial charge in [-0.1, -0.05) is 29.8 Å². The number of halogens is 2. The Morgan fingerprint density at radius 2 is 1.73 bits per heavy atom. The first kappa shape index (κ1) is 21.8. The van der Waals surface area contributed by atoms with Crippen LogP contribution >= 0.6 is 15.9 Å². The topological polar surface area (TPSA) is 55.8 Å². The van der Waals surface area contributed by atoms with E-state index in [-0.39, 0.29) is 34.6 Å². The fraction of sp³-hybridized carbons (Fsp3) is 0.958. The molecule has 30 heavy (non-hydrogen) atoms. The standard InChI is InChI=1S/C24H36BrFO4/c1-13(27)24-19(29-20(2,3)30-24)11-17-15-10-18(26)23(25)12-14(28)6-8-21(23,4)16(15)7-9-22(17,24)5/h14-19,28H,6-12H2,1-5H3/t14-,15+,16-,17-,18-,19+,21+,22-,23-,24+/m0/s1. The summed E-state index contributed by atoms with van der Waals surface area (Å²) >= 11 is 3.84. The largest absolute Gasteiger partial charge is 0.393 e. The normalized spacial score (nSPS) is 59.1. The third kappa shape index (κ3) is 2.40. The number of aliphatic hydroxyl groups is 1. The second kappa shape index (κ2) is 6.30. The van der Waals surface area contributed by atoms with E-state index in [1.165, 1.54) is 0 Å². The van der Waals surface area contributed by atoms with Crippen molar-refractivity contribution in [2.75, 3.05) is 0 Å². The lowest BCUT2D eigenvalue weighted by Gasteiger charge is -2.65. The van der Waals surface area contributed by atoms with Crippen LogP contribution in [0.2, 0.25) is 0 Å². The van der Waals surface area contributed by atoms with Crippen LogP contribution in [-0.4, -0.2) is 45.0 Å². The van der Waals surface area contributed by atoms with Crippen LogP contribution in [0.5, 0.6) is 0 Å². The molecule has 0 spiro atoms. The number of hydrogen-bond acceptors (Lipinski definition) is 4. The van der Waals surface area contributed by atoms with Crippen LogP contribution in [0.15, 0.2) is 0 Å². The molecule has 1 heterocycles. The SMILES string of the molecule is CC(=O)[C@@]12OC(C)(C)O[C@@H]1C[C@H]1[C@@H]3C[C@H](F)[C@@]4(Br)C[C@@H](O)CC[C@]4(C)[C@H]3CC[C@@]12C. The van der Waals surface area contributed by atoms with Gasteiger partial charge in [-0.25, -0.2) is 4.39 Å². The maximum Gasteiger partial charge on any atom is 0.164 e. The number of fused-ring (bicyclic) bond motifs is 7. The average molecular weight is 487 g/mol. The van der Waals surface area contributed by atoms with Gasteiger partial charge in [-0.15, -0.1) is 0 Å². The molecule has 4 nitrogen and oxygen atoms in total. The van der Waals surface area contributed by atoms with E-state index in [9.17, 15) is 9.90 Å². The van der Waals surface area contributed by atoms with Crippen LogP contribution in [-0.2, 0) is 14.3 Å². The van der Waals surface area contributed by atoms with Gasteiger partial charge in [0.15, 0.2) is 17.2 Å². The summed E-state index contributed by atoms with van der Waals surface area (Å²) in [4.78, 5) is 13.1. The summed E-state index contributed by atoms with van der Waals surface area (Å²) in [5.41, 5.74) is -1.46. The van der Waals surface area contributed by atoms with E-state index in [4.69, 9.17) is 9.47 Å². The van der Waals surface area contributed by atoms with E-state index in [1.807, 2.05) is 13.8 Å². The number of alkyl halides is 2. The quantitative estimate of drug-likeness (QED) is 0.533. The molecule has 0 radical (unpaired) electrons. The Hall–Kier alpha value is -0.0400. The van der Waals surface area contributed by atoms with Gasteiger partial charge in [-0.05, 0) is 88.9 Å². The van der Waals surface area contributed by atoms with Gasteiger partial charge in [0, 0.05) is 5.41 Å². The molecule has 0 aromatic carbocycles. The second-order valence-electron chi connectivity index (χ2n) is 11.8. The zero-order chi connectivity index (χ0) is 21.9. The van der Waals surface area contributed by atoms with Gasteiger partial charge in [0.1, 0.15) is 6.17 Å². The molecule has 0 bridgehead atoms. The molecule has 6 heteroatoms. The predicted octanol–water partition coefficient (Wildman–Crippen LogP) is 4.94. The third-order valence-corrected chi connectivity index (χ3v) is 12.0. The summed E-state index contributed by atoms with van der Waals surface area (Å²) in [5, 5.41) is 10.3. The van der Waals surface area contributed by atoms with Crippen LogP contribution < -0.4 is 0 Å². The van der Waals surface area contributed by atoms with Gasteiger partial charge < -0.3 is 14.6 Å². The number of ketones is 1. The first-order valence-electron chi connectivity index (χ1n) is 11.7. The molecule has 0 aromatic heterocycles. The Morgan fingerprint density at radius 3 is 2.40 bits per heavy atom. The minimum absolute atomic E-state index is 0.0518. The van der Waals surface area contributed by atoms with Gasteiger partial charge in [0.25, 0.3) is 0 Å². The molecule has 5 rings (SSSR count). The molecule has 5 aliphatic rings. The molecule has 170 valence electrons. The molecule has 0 aromatic rings. The number of Topliss-reactive ketones (excluding diaryl/α,β-unsaturated/α-hetero) is 1. The Balaban J connectivity index is 1.55. The molecule has 5 fully saturated rings. The zero-order valence-electron chi connectivity index (χ0n) is 18.8. The van der Waals surface area contributed by atoms with Crippen molar-refractivity contribution in [1.29, 1.82) is 0 Å². The molecule has 1 saturated heterocycles. The van der Waals surface area contributed by atoms with Crippen LogP contribution in [0, 0.1) is 28.6 Å². The lowest BCUT2D eigenvalue weighted by atomic mass is 9.43. The van der Waals surface area contributed by atoms with Gasteiger partial charge in [-0.2, -0.15) is 0 Å². The average Bonchev–Trinajstić information content (AvgIpc) is 3.05. The maximum atomic E-state index is 15.9. The maximum absolute atomic E-state index is 15.9. The highest BCUT2D eigenvalue weighted by molar-refractivity contribution is 9.10. The van der Waals surface area contributed by atoms with E-state index in [0.717, 1.165) is 32.1 Å². The highest BCUT2D eigenvalue weighted by Gasteiger charge is 2.76. The molecule has 10 atom stereocenters. The first-order valence-corrected chi connectivity index (χ1v) is 12.5. The van der Waals surface area contributed by atoms with Crippen molar-refractivity contribution < 1.29 is 23.8 Å². The van der Waals surface area contributed by atoms with Crippen LogP contribution in [0.25, 0.3) is 0 Å². The summed E-state index contributed by atoms with van der Waals surface area (Å²) in [6, 6.07) is 0. The Morgan fingerprint density at radius 1 is 1.07 bits per heavy atom. The van der Waals surface area contributed by atoms with Crippen molar-refractivity contribution in [2.24, 2.45) is 28.6 Å². The number of aliphatic hydroxyl groups excluding tert-OH is 1. The Kier molecular flexibility index (Phi) is 4.57. The Labute approximate surface area is 187 Å². The van der Waals surface area contributed by atoms with Gasteiger partial charge in [0.2, 0.25) is 0 Å². The van der Waals surface area contributed by atoms with E-state index in [2.05, 4.69) is 29.8 Å². The van der Waals surface area contributed by atoms with Crippen molar-refractivity contribution in [1.82, 2.24) is 0 Å². The smallest absolute Gasteiger partial charge is 0.164 e. The first-order chi connectivity index (χ1) is 13.8. The second-order valence-corrected chi connectivity index (χ2v) is 13.3. The molecular formula is C24H36BrFO4. The number of carbonyl (C=O) groups is 1. The van der Waals surface area contributed by atoms with Crippen molar-refractivity contribution in [3.63, 3.8) is 0 Å². The molecule has 4 aliphatic carbocycles. The van der Waals surface area contributed by atoms with Gasteiger partial charge in [-0.3, -0.25) is 4.79 Å². The third-order valence-electron chi connectivity index (χ3n) is 10.2. The zero-order valence-corrected chi connectivity index (χ0v) is 20.4. The van der Waals surface area contributed by atoms with Crippen LogP contribution in [0.4, 0.5) is 4.39 Å². The number of ether oxygens (including phenoxy) is 2. The lowest BCUT2D eigenvalue weighted by Crippen LogP contribution is -2.66. The van der Waals surface area contributed by atoms with Crippen LogP contribution in [0.3, 0.4) is 0 Å². The van der Waals surface area contributed by atoms with E-state index in [1.54, 1.807) is 6.92 Å². The Bertz CT molecular complexity index is 774. The van der Waals surface area contributed by atoms with Crippen molar-refractivity contribution in [3.05, 3.63) is 0 Å². The van der Waals surface area contributed by atoms with Crippen LogP contribution in [0.1, 0.15) is 79.6 Å². The summed E-state index contributed by atoms with van der Waals surface area (Å²) in [5.74, 6) is 0.0793. The molecular weight excluding hydrogens is 451 g/mol. The van der Waals surface area contributed by atoms with Gasteiger partial charge >= 0.3 is 0 Å². The molecule has 0 amide bonds. The van der Waals surface area contributed by atoms with Crippen molar-refractivity contribution >= 4 is 21.7 Å². The minimum Gasteiger partial charge on any atom is -0.393 e. The molecule has 1 aliphatic heterocycles. The van der Waals surface area contributed by atoms with E-state index in [0.29, 0.717) is 18.8 Å². The molecule has 0 unspecified atom stereocenters. The summed E-state index contributed by atoms with van der Waals surface area (Å²) < 4.78 is 27.9. The monoisotopic (exact) mass is 486 g/mol. The van der Waals surface area contributed by atoms with Crippen molar-refractivity contribution in [3.8, 4) is 0 Å². The highest BCUT2D eigenvalue weighted by Crippen LogP contribution is 2.73. The van der Waals surface area contributed by atoms with Crippen molar-refractivity contribution in [2.45, 2.75) is 114 Å². The molecule has 4 saturated carbocycles. The van der Waals surface area contributed by atoms with E-state index < -0.39 is 28.0 Å². The predicted molar refractivity (Wildman–Crippen MR) is 115 cm³/mol. The summed E-state index contributed by atoms with van der Waals surface area (Å²) in [6.07, 6.45) is 3.48. The molecule has 1 N–H and O–H groups in total. The minimum atomic E-state index is -1.01. The number of carbonyl (C=O) groups excluding carboxylic acids is 1. The lowest BCUT2D eigenvalue weighted by molar-refractivity contribution is -0.220. The number of rotatable bonds is 1. The fourth-order valence-electron chi connectivity index (χ4n) is 8.91. The van der Waals surface area contributed by atoms with E-state index >= 15 is 4.39 Å². The summed E-state index contributed by atoms with van der Waals surface area (Å²) in [7, 11) is 0. The highest BCUT2D eigenvalue weighted by atomic mass is 79.9. The van der Waals surface area contributed by atoms with Gasteiger partial charge in [0.05, 0.1) is 16.5 Å². The summed E-state index contributed by atoms with van der Waals surface area (Å²) in [6.45, 7) is 9.88. The number of hydrogen-bond donors (Lipinski definition) is 1. The fourth-order valence-corrected chi connectivity index (χ4v) is 9.97.